The summed E-state index contributed by atoms with van der Waals surface area (Å²) in [7, 11) is -4.01. The molecule has 0 aliphatic heterocycles. The van der Waals surface area contributed by atoms with Gasteiger partial charge in [0.2, 0.25) is 0 Å². The quantitative estimate of drug-likeness (QED) is 0.351. The van der Waals surface area contributed by atoms with Crippen molar-refractivity contribution in [3.63, 3.8) is 0 Å². The average Bonchev–Trinajstić information content (AvgIpc) is 3.43. The van der Waals surface area contributed by atoms with Gasteiger partial charge in [0, 0.05) is 16.6 Å². The topological polar surface area (TPSA) is 101 Å². The molecule has 0 aliphatic carbocycles. The van der Waals surface area contributed by atoms with Gasteiger partial charge in [-0.15, -0.1) is 34.0 Å². The van der Waals surface area contributed by atoms with Gasteiger partial charge in [0.15, 0.2) is 4.34 Å². The van der Waals surface area contributed by atoms with Crippen LogP contribution in [0.1, 0.15) is 10.7 Å². The molecule has 0 radical (unpaired) electrons. The van der Waals surface area contributed by atoms with Crippen molar-refractivity contribution in [1.82, 2.24) is 14.7 Å². The van der Waals surface area contributed by atoms with Crippen molar-refractivity contribution in [3.8, 4) is 11.3 Å². The van der Waals surface area contributed by atoms with E-state index in [2.05, 4.69) is 20.0 Å². The summed E-state index contributed by atoms with van der Waals surface area (Å²) in [5.41, 5.74) is 2.36. The van der Waals surface area contributed by atoms with Gasteiger partial charge in [-0.1, -0.05) is 30.3 Å². The number of carbonyl (C=O) groups excluding carboxylic acids is 1. The minimum Gasteiger partial charge on any atom is -0.297 e. The third-order valence-corrected chi connectivity index (χ3v) is 9.83. The van der Waals surface area contributed by atoms with Crippen LogP contribution in [0.5, 0.6) is 0 Å². The second-order valence-electron chi connectivity index (χ2n) is 6.27. The first-order chi connectivity index (χ1) is 14.8. The number of thiazole rings is 2. The van der Waals surface area contributed by atoms with Crippen molar-refractivity contribution in [2.45, 2.75) is 26.6 Å². The van der Waals surface area contributed by atoms with Crippen LogP contribution in [0.3, 0.4) is 0 Å². The molecule has 0 unspecified atom stereocenters. The van der Waals surface area contributed by atoms with Gasteiger partial charge in [0.25, 0.3) is 10.0 Å². The average molecular weight is 509 g/mol. The Morgan fingerprint density at radius 3 is 2.52 bits per heavy atom. The van der Waals surface area contributed by atoms with Gasteiger partial charge in [0.05, 0.1) is 9.22 Å². The molecule has 0 saturated carbocycles. The molecule has 0 fully saturated rings. The monoisotopic (exact) mass is 508 g/mol. The van der Waals surface area contributed by atoms with Gasteiger partial charge in [0.1, 0.15) is 14.9 Å². The standard InChI is InChI=1S/C19H16N4O3S5/c1-11-10-27-19(20-11)30-14-8-9-15(29-14)31(25,26)23-18(24)22-17-16(21-12(2)28-17)13-6-4-3-5-7-13/h3-10H,1-2H3,(H2,22,23,24). The van der Waals surface area contributed by atoms with Crippen LogP contribution in [-0.2, 0) is 10.0 Å². The number of rotatable bonds is 6. The van der Waals surface area contributed by atoms with Crippen molar-refractivity contribution in [2.75, 3.05) is 5.32 Å². The van der Waals surface area contributed by atoms with Gasteiger partial charge >= 0.3 is 6.03 Å². The van der Waals surface area contributed by atoms with Crippen LogP contribution in [0, 0.1) is 13.8 Å². The smallest absolute Gasteiger partial charge is 0.297 e. The molecule has 160 valence electrons. The molecule has 12 heteroatoms. The summed E-state index contributed by atoms with van der Waals surface area (Å²) in [4.78, 5) is 21.3. The SMILES string of the molecule is Cc1csc(Sc2ccc(S(=O)(=O)NC(=O)Nc3sc(C)nc3-c3ccccc3)s2)n1. The zero-order chi connectivity index (χ0) is 22.0. The van der Waals surface area contributed by atoms with Crippen molar-refractivity contribution in [2.24, 2.45) is 0 Å². The molecule has 1 aromatic carbocycles. The molecule has 0 spiro atoms. The number of carbonyl (C=O) groups is 1. The van der Waals surface area contributed by atoms with Crippen LogP contribution in [0.4, 0.5) is 9.80 Å². The lowest BCUT2D eigenvalue weighted by Gasteiger charge is -2.07. The summed E-state index contributed by atoms with van der Waals surface area (Å²) in [5, 5.41) is 5.80. The Morgan fingerprint density at radius 2 is 1.81 bits per heavy atom. The summed E-state index contributed by atoms with van der Waals surface area (Å²) in [6, 6.07) is 11.7. The fraction of sp³-hybridized carbons (Fsp3) is 0.105. The van der Waals surface area contributed by atoms with Gasteiger partial charge < -0.3 is 0 Å². The van der Waals surface area contributed by atoms with Crippen LogP contribution >= 0.6 is 45.8 Å². The Balaban J connectivity index is 1.47. The maximum atomic E-state index is 12.7. The number of nitrogens with zero attached hydrogens (tertiary/aromatic N) is 2. The Labute approximate surface area is 195 Å². The number of benzene rings is 1. The van der Waals surface area contributed by atoms with Crippen molar-refractivity contribution < 1.29 is 13.2 Å². The predicted molar refractivity (Wildman–Crippen MR) is 127 cm³/mol. The highest BCUT2D eigenvalue weighted by Crippen LogP contribution is 2.37. The summed E-state index contributed by atoms with van der Waals surface area (Å²) < 4.78 is 29.1. The maximum Gasteiger partial charge on any atom is 0.333 e. The van der Waals surface area contributed by atoms with E-state index in [0.29, 0.717) is 10.7 Å². The largest absolute Gasteiger partial charge is 0.333 e. The van der Waals surface area contributed by atoms with Crippen molar-refractivity contribution in [1.29, 1.82) is 0 Å². The van der Waals surface area contributed by atoms with Crippen LogP contribution in [0.25, 0.3) is 11.3 Å². The van der Waals surface area contributed by atoms with Gasteiger partial charge in [-0.05, 0) is 37.7 Å². The molecule has 3 aromatic heterocycles. The number of thiophene rings is 1. The number of hydrogen-bond acceptors (Lipinski definition) is 9. The van der Waals surface area contributed by atoms with E-state index in [-0.39, 0.29) is 4.21 Å². The Bertz CT molecular complexity index is 1330. The van der Waals surface area contributed by atoms with Crippen LogP contribution < -0.4 is 10.0 Å². The fourth-order valence-corrected chi connectivity index (χ4v) is 7.97. The molecule has 7 nitrogen and oxygen atoms in total. The number of amides is 2. The summed E-state index contributed by atoms with van der Waals surface area (Å²) in [5.74, 6) is 0. The zero-order valence-corrected chi connectivity index (χ0v) is 20.4. The van der Waals surface area contributed by atoms with Crippen LogP contribution in [-0.4, -0.2) is 24.4 Å². The molecular weight excluding hydrogens is 493 g/mol. The molecule has 3 heterocycles. The van der Waals surface area contributed by atoms with Gasteiger partial charge in [-0.3, -0.25) is 5.32 Å². The number of aromatic nitrogens is 2. The van der Waals surface area contributed by atoms with E-state index in [4.69, 9.17) is 0 Å². The van der Waals surface area contributed by atoms with E-state index in [1.54, 1.807) is 6.07 Å². The number of nitrogens with one attached hydrogen (secondary N) is 2. The number of aryl methyl sites for hydroxylation is 2. The molecule has 0 bridgehead atoms. The highest BCUT2D eigenvalue weighted by molar-refractivity contribution is 8.03. The number of urea groups is 1. The van der Waals surface area contributed by atoms with E-state index in [9.17, 15) is 13.2 Å². The molecular formula is C19H16N4O3S5. The highest BCUT2D eigenvalue weighted by atomic mass is 32.3. The molecule has 0 atom stereocenters. The van der Waals surface area contributed by atoms with Crippen LogP contribution in [0.2, 0.25) is 0 Å². The molecule has 4 rings (SSSR count). The first-order valence-corrected chi connectivity index (χ1v) is 13.7. The van der Waals surface area contributed by atoms with E-state index < -0.39 is 16.1 Å². The lowest BCUT2D eigenvalue weighted by Crippen LogP contribution is -2.33. The van der Waals surface area contributed by atoms with E-state index >= 15 is 0 Å². The normalized spacial score (nSPS) is 11.4. The highest BCUT2D eigenvalue weighted by Gasteiger charge is 2.22. The Hall–Kier alpha value is -2.25. The lowest BCUT2D eigenvalue weighted by molar-refractivity contribution is 0.256. The number of sulfonamides is 1. The lowest BCUT2D eigenvalue weighted by atomic mass is 10.2. The minimum absolute atomic E-state index is 0.0576. The third kappa shape index (κ3) is 5.33. The second-order valence-corrected chi connectivity index (χ2v) is 12.9. The van der Waals surface area contributed by atoms with Crippen molar-refractivity contribution in [3.05, 3.63) is 58.5 Å². The number of hydrogen-bond donors (Lipinski definition) is 2. The third-order valence-electron chi connectivity index (χ3n) is 3.84. The molecule has 0 aliphatic rings. The second kappa shape index (κ2) is 9.09. The van der Waals surface area contributed by atoms with E-state index in [1.807, 2.05) is 49.6 Å². The van der Waals surface area contributed by atoms with Gasteiger partial charge in [-0.25, -0.2) is 27.9 Å². The summed E-state index contributed by atoms with van der Waals surface area (Å²) >= 11 is 5.26. The first kappa shape index (κ1) is 22.0. The number of anilines is 1. The zero-order valence-electron chi connectivity index (χ0n) is 16.3. The molecule has 2 amide bonds. The molecule has 0 saturated heterocycles. The molecule has 4 aromatic rings. The van der Waals surface area contributed by atoms with Gasteiger partial charge in [-0.2, -0.15) is 0 Å². The fourth-order valence-electron chi connectivity index (χ4n) is 2.57. The van der Waals surface area contributed by atoms with Crippen molar-refractivity contribution >= 4 is 66.8 Å². The predicted octanol–water partition coefficient (Wildman–Crippen LogP) is 5.61. The first-order valence-electron chi connectivity index (χ1n) is 8.86. The van der Waals surface area contributed by atoms with E-state index in [0.717, 1.165) is 36.2 Å². The molecule has 2 N–H and O–H groups in total. The minimum atomic E-state index is -4.01. The maximum absolute atomic E-state index is 12.7. The van der Waals surface area contributed by atoms with Crippen LogP contribution in [0.15, 0.2) is 60.6 Å². The summed E-state index contributed by atoms with van der Waals surface area (Å²) in [6.07, 6.45) is 0. The summed E-state index contributed by atoms with van der Waals surface area (Å²) in [6.45, 7) is 3.73. The Morgan fingerprint density at radius 1 is 1.03 bits per heavy atom. The molecule has 31 heavy (non-hydrogen) atoms. The van der Waals surface area contributed by atoms with E-state index in [1.165, 1.54) is 40.5 Å². The Kier molecular flexibility index (Phi) is 6.44.